The van der Waals surface area contributed by atoms with Gasteiger partial charge in [-0.25, -0.2) is 0 Å². The normalized spacial score (nSPS) is 10.5. The summed E-state index contributed by atoms with van der Waals surface area (Å²) in [5.74, 6) is 2.30. The molecule has 0 aromatic heterocycles. The minimum absolute atomic E-state index is 0.449. The molecule has 0 atom stereocenters. The van der Waals surface area contributed by atoms with Gasteiger partial charge in [-0.1, -0.05) is 12.1 Å². The molecule has 23 heavy (non-hydrogen) atoms. The predicted molar refractivity (Wildman–Crippen MR) is 92.5 cm³/mol. The fourth-order valence-electron chi connectivity index (χ4n) is 2.41. The highest BCUT2D eigenvalue weighted by atomic mass is 16.5. The molecule has 0 amide bonds. The topological polar surface area (TPSA) is 53.7 Å². The summed E-state index contributed by atoms with van der Waals surface area (Å²) in [5.41, 5.74) is 10.2. The second-order valence-corrected chi connectivity index (χ2v) is 5.59. The van der Waals surface area contributed by atoms with Crippen LogP contribution in [-0.4, -0.2) is 20.3 Å². The van der Waals surface area contributed by atoms with Crippen molar-refractivity contribution >= 4 is 0 Å². The molecule has 0 aliphatic rings. The van der Waals surface area contributed by atoms with Gasteiger partial charge in [0.1, 0.15) is 19.0 Å². The van der Waals surface area contributed by atoms with E-state index in [0.717, 1.165) is 11.3 Å². The molecule has 0 bridgehead atoms. The maximum Gasteiger partial charge on any atom is 0.161 e. The SMILES string of the molecule is COc1cc(CN)ccc1OCCOc1cc(C)cc(C)c1C. The van der Waals surface area contributed by atoms with Crippen molar-refractivity contribution in [1.29, 1.82) is 0 Å². The number of hydrogen-bond donors (Lipinski definition) is 1. The summed E-state index contributed by atoms with van der Waals surface area (Å²) < 4.78 is 16.9. The zero-order valence-electron chi connectivity index (χ0n) is 14.3. The van der Waals surface area contributed by atoms with Gasteiger partial charge in [0.05, 0.1) is 7.11 Å². The van der Waals surface area contributed by atoms with Crippen molar-refractivity contribution in [2.75, 3.05) is 20.3 Å². The van der Waals surface area contributed by atoms with Gasteiger partial charge in [0.2, 0.25) is 0 Å². The largest absolute Gasteiger partial charge is 0.493 e. The van der Waals surface area contributed by atoms with Crippen molar-refractivity contribution in [3.05, 3.63) is 52.6 Å². The summed E-state index contributed by atoms with van der Waals surface area (Å²) in [6.45, 7) is 7.64. The smallest absolute Gasteiger partial charge is 0.161 e. The van der Waals surface area contributed by atoms with E-state index in [0.29, 0.717) is 31.3 Å². The molecule has 4 nitrogen and oxygen atoms in total. The van der Waals surface area contributed by atoms with E-state index in [4.69, 9.17) is 19.9 Å². The first-order valence-corrected chi connectivity index (χ1v) is 7.75. The van der Waals surface area contributed by atoms with E-state index in [2.05, 4.69) is 32.9 Å². The molecule has 0 fully saturated rings. The lowest BCUT2D eigenvalue weighted by molar-refractivity contribution is 0.210. The van der Waals surface area contributed by atoms with Crippen LogP contribution in [0.3, 0.4) is 0 Å². The van der Waals surface area contributed by atoms with Crippen LogP contribution in [0.15, 0.2) is 30.3 Å². The highest BCUT2D eigenvalue weighted by Crippen LogP contribution is 2.28. The second-order valence-electron chi connectivity index (χ2n) is 5.59. The second kappa shape index (κ2) is 7.88. The lowest BCUT2D eigenvalue weighted by Crippen LogP contribution is -2.10. The van der Waals surface area contributed by atoms with Gasteiger partial charge in [0.15, 0.2) is 11.5 Å². The first-order valence-electron chi connectivity index (χ1n) is 7.75. The number of benzene rings is 2. The summed E-state index contributed by atoms with van der Waals surface area (Å²) in [7, 11) is 1.62. The molecule has 0 unspecified atom stereocenters. The third kappa shape index (κ3) is 4.39. The monoisotopic (exact) mass is 315 g/mol. The van der Waals surface area contributed by atoms with Crippen molar-refractivity contribution in [1.82, 2.24) is 0 Å². The van der Waals surface area contributed by atoms with Crippen LogP contribution in [0.1, 0.15) is 22.3 Å². The van der Waals surface area contributed by atoms with Crippen LogP contribution in [0.25, 0.3) is 0 Å². The molecular weight excluding hydrogens is 290 g/mol. The van der Waals surface area contributed by atoms with Crippen LogP contribution < -0.4 is 19.9 Å². The Morgan fingerprint density at radius 1 is 0.870 bits per heavy atom. The molecule has 4 heteroatoms. The molecule has 0 saturated heterocycles. The summed E-state index contributed by atoms with van der Waals surface area (Å²) >= 11 is 0. The van der Waals surface area contributed by atoms with Crippen molar-refractivity contribution in [3.8, 4) is 17.2 Å². The van der Waals surface area contributed by atoms with E-state index in [1.165, 1.54) is 16.7 Å². The fourth-order valence-corrected chi connectivity index (χ4v) is 2.41. The molecule has 0 aliphatic carbocycles. The van der Waals surface area contributed by atoms with Gasteiger partial charge >= 0.3 is 0 Å². The van der Waals surface area contributed by atoms with E-state index in [-0.39, 0.29) is 0 Å². The van der Waals surface area contributed by atoms with Crippen molar-refractivity contribution in [3.63, 3.8) is 0 Å². The van der Waals surface area contributed by atoms with Crippen LogP contribution in [0.5, 0.6) is 17.2 Å². The maximum atomic E-state index is 5.85. The number of methoxy groups -OCH3 is 1. The third-order valence-electron chi connectivity index (χ3n) is 3.83. The minimum atomic E-state index is 0.449. The Bertz CT molecular complexity index is 668. The van der Waals surface area contributed by atoms with Crippen LogP contribution in [-0.2, 0) is 6.54 Å². The zero-order valence-corrected chi connectivity index (χ0v) is 14.3. The number of hydrogen-bond acceptors (Lipinski definition) is 4. The molecule has 2 aromatic carbocycles. The highest BCUT2D eigenvalue weighted by Gasteiger charge is 2.07. The summed E-state index contributed by atoms with van der Waals surface area (Å²) in [6.07, 6.45) is 0. The van der Waals surface area contributed by atoms with Gasteiger partial charge in [-0.05, 0) is 61.2 Å². The third-order valence-corrected chi connectivity index (χ3v) is 3.83. The Morgan fingerprint density at radius 3 is 2.22 bits per heavy atom. The van der Waals surface area contributed by atoms with Gasteiger partial charge in [-0.2, -0.15) is 0 Å². The summed E-state index contributed by atoms with van der Waals surface area (Å²) in [4.78, 5) is 0. The lowest BCUT2D eigenvalue weighted by Gasteiger charge is -2.14. The molecule has 2 N–H and O–H groups in total. The Labute approximate surface area is 138 Å². The van der Waals surface area contributed by atoms with E-state index < -0.39 is 0 Å². The first-order chi connectivity index (χ1) is 11.0. The van der Waals surface area contributed by atoms with Gasteiger partial charge < -0.3 is 19.9 Å². The molecule has 2 rings (SSSR count). The van der Waals surface area contributed by atoms with Crippen molar-refractivity contribution in [2.45, 2.75) is 27.3 Å². The van der Waals surface area contributed by atoms with E-state index in [9.17, 15) is 0 Å². The van der Waals surface area contributed by atoms with Crippen molar-refractivity contribution in [2.24, 2.45) is 5.73 Å². The summed E-state index contributed by atoms with van der Waals surface area (Å²) in [5, 5.41) is 0. The van der Waals surface area contributed by atoms with Gasteiger partial charge in [0, 0.05) is 6.54 Å². The standard InChI is InChI=1S/C19H25NO3/c1-13-9-14(2)15(3)18(10-13)23-8-7-22-17-6-5-16(12-20)11-19(17)21-4/h5-6,9-11H,7-8,12,20H2,1-4H3. The first kappa shape index (κ1) is 17.2. The Morgan fingerprint density at radius 2 is 1.57 bits per heavy atom. The van der Waals surface area contributed by atoms with Crippen LogP contribution in [0.4, 0.5) is 0 Å². The molecule has 2 aromatic rings. The highest BCUT2D eigenvalue weighted by molar-refractivity contribution is 5.43. The van der Waals surface area contributed by atoms with Gasteiger partial charge in [-0.15, -0.1) is 0 Å². The molecule has 0 spiro atoms. The minimum Gasteiger partial charge on any atom is -0.493 e. The molecule has 0 radical (unpaired) electrons. The Kier molecular flexibility index (Phi) is 5.88. The number of nitrogens with two attached hydrogens (primary N) is 1. The fraction of sp³-hybridized carbons (Fsp3) is 0.368. The number of ether oxygens (including phenoxy) is 3. The zero-order chi connectivity index (χ0) is 16.8. The van der Waals surface area contributed by atoms with Crippen LogP contribution >= 0.6 is 0 Å². The summed E-state index contributed by atoms with van der Waals surface area (Å²) in [6, 6.07) is 9.92. The van der Waals surface area contributed by atoms with Crippen LogP contribution in [0.2, 0.25) is 0 Å². The van der Waals surface area contributed by atoms with E-state index in [1.54, 1.807) is 7.11 Å². The van der Waals surface area contributed by atoms with Crippen LogP contribution in [0, 0.1) is 20.8 Å². The number of aryl methyl sites for hydroxylation is 2. The lowest BCUT2D eigenvalue weighted by atomic mass is 10.1. The predicted octanol–water partition coefficient (Wildman–Crippen LogP) is 3.54. The van der Waals surface area contributed by atoms with Crippen molar-refractivity contribution < 1.29 is 14.2 Å². The number of rotatable bonds is 7. The quantitative estimate of drug-likeness (QED) is 0.794. The van der Waals surface area contributed by atoms with Gasteiger partial charge in [0.25, 0.3) is 0 Å². The molecule has 124 valence electrons. The molecule has 0 saturated carbocycles. The Balaban J connectivity index is 1.93. The Hall–Kier alpha value is -2.20. The average molecular weight is 315 g/mol. The molecule has 0 aliphatic heterocycles. The van der Waals surface area contributed by atoms with Gasteiger partial charge in [-0.3, -0.25) is 0 Å². The average Bonchev–Trinajstić information content (AvgIpc) is 2.55. The molecule has 0 heterocycles. The maximum absolute atomic E-state index is 5.85. The van der Waals surface area contributed by atoms with E-state index in [1.807, 2.05) is 18.2 Å². The molecular formula is C19H25NO3. The van der Waals surface area contributed by atoms with E-state index >= 15 is 0 Å².